The summed E-state index contributed by atoms with van der Waals surface area (Å²) in [5, 5.41) is 11.9. The zero-order valence-corrected chi connectivity index (χ0v) is 15.1. The smallest absolute Gasteiger partial charge is 0.192 e. The summed E-state index contributed by atoms with van der Waals surface area (Å²) in [5.74, 6) is 1.77. The molecule has 6 heteroatoms. The number of hydrogen-bond acceptors (Lipinski definition) is 5. The van der Waals surface area contributed by atoms with E-state index in [4.69, 9.17) is 0 Å². The molecule has 0 atom stereocenters. The lowest BCUT2D eigenvalue weighted by atomic mass is 10.2. The molecule has 0 aliphatic carbocycles. The van der Waals surface area contributed by atoms with E-state index in [9.17, 15) is 0 Å². The third-order valence-electron chi connectivity index (χ3n) is 3.76. The summed E-state index contributed by atoms with van der Waals surface area (Å²) in [6.07, 6.45) is 3.64. The molecule has 0 saturated heterocycles. The second-order valence-corrected chi connectivity index (χ2v) is 7.39. The first-order chi connectivity index (χ1) is 12.4. The van der Waals surface area contributed by atoms with Crippen molar-refractivity contribution in [2.24, 2.45) is 0 Å². The molecule has 4 aromatic rings. The molecule has 0 saturated carbocycles. The van der Waals surface area contributed by atoms with Gasteiger partial charge in [0.25, 0.3) is 0 Å². The van der Waals surface area contributed by atoms with Gasteiger partial charge in [-0.05, 0) is 34.7 Å². The van der Waals surface area contributed by atoms with Gasteiger partial charge in [-0.15, -0.1) is 21.5 Å². The van der Waals surface area contributed by atoms with E-state index >= 15 is 0 Å². The van der Waals surface area contributed by atoms with Crippen LogP contribution in [0.5, 0.6) is 0 Å². The molecule has 0 amide bonds. The lowest BCUT2D eigenvalue weighted by Gasteiger charge is -2.09. The number of aromatic nitrogens is 4. The number of rotatable bonds is 6. The van der Waals surface area contributed by atoms with E-state index in [2.05, 4.69) is 55.5 Å². The van der Waals surface area contributed by atoms with Crippen molar-refractivity contribution in [3.8, 4) is 10.7 Å². The maximum absolute atomic E-state index is 4.46. The second-order valence-electron chi connectivity index (χ2n) is 5.50. The molecule has 0 bridgehead atoms. The van der Waals surface area contributed by atoms with Gasteiger partial charge in [0.05, 0.1) is 11.4 Å². The van der Waals surface area contributed by atoms with Crippen LogP contribution in [-0.4, -0.2) is 19.7 Å². The fourth-order valence-corrected chi connectivity index (χ4v) is 4.13. The molecule has 3 aromatic heterocycles. The van der Waals surface area contributed by atoms with Crippen molar-refractivity contribution < 1.29 is 0 Å². The number of benzene rings is 1. The lowest BCUT2D eigenvalue weighted by Crippen LogP contribution is -2.03. The Morgan fingerprint density at radius 2 is 1.72 bits per heavy atom. The predicted octanol–water partition coefficient (Wildman–Crippen LogP) is 4.74. The van der Waals surface area contributed by atoms with Crippen LogP contribution in [0.4, 0.5) is 0 Å². The van der Waals surface area contributed by atoms with Crippen molar-refractivity contribution in [3.05, 3.63) is 83.5 Å². The van der Waals surface area contributed by atoms with Crippen LogP contribution in [0.2, 0.25) is 0 Å². The SMILES string of the molecule is c1ccc(Cn2c(SCc3ccncc3)nnc2-c2cccs2)cc1. The van der Waals surface area contributed by atoms with Crippen LogP contribution in [0, 0.1) is 0 Å². The first kappa shape index (κ1) is 16.1. The Bertz CT molecular complexity index is 919. The van der Waals surface area contributed by atoms with Crippen LogP contribution in [-0.2, 0) is 12.3 Å². The third kappa shape index (κ3) is 3.81. The van der Waals surface area contributed by atoms with Gasteiger partial charge in [-0.1, -0.05) is 48.2 Å². The van der Waals surface area contributed by atoms with Crippen molar-refractivity contribution in [3.63, 3.8) is 0 Å². The van der Waals surface area contributed by atoms with Gasteiger partial charge in [-0.25, -0.2) is 0 Å². The van der Waals surface area contributed by atoms with Crippen LogP contribution in [0.25, 0.3) is 10.7 Å². The van der Waals surface area contributed by atoms with Gasteiger partial charge in [0.15, 0.2) is 11.0 Å². The van der Waals surface area contributed by atoms with Crippen molar-refractivity contribution in [2.75, 3.05) is 0 Å². The van der Waals surface area contributed by atoms with Crippen LogP contribution < -0.4 is 0 Å². The van der Waals surface area contributed by atoms with Gasteiger partial charge in [0.1, 0.15) is 0 Å². The summed E-state index contributed by atoms with van der Waals surface area (Å²) in [4.78, 5) is 5.21. The molecule has 4 rings (SSSR count). The fourth-order valence-electron chi connectivity index (χ4n) is 2.52. The molecular weight excluding hydrogens is 348 g/mol. The first-order valence-electron chi connectivity index (χ1n) is 7.93. The molecule has 3 heterocycles. The standard InChI is InChI=1S/C19H16N4S2/c1-2-5-15(6-3-1)13-23-18(17-7-4-12-24-17)21-22-19(23)25-14-16-8-10-20-11-9-16/h1-12H,13-14H2. The van der Waals surface area contributed by atoms with Gasteiger partial charge in [-0.3, -0.25) is 9.55 Å². The average Bonchev–Trinajstić information content (AvgIpc) is 3.32. The first-order valence-corrected chi connectivity index (χ1v) is 9.79. The molecule has 0 aliphatic rings. The Kier molecular flexibility index (Phi) is 4.90. The molecule has 0 unspecified atom stereocenters. The van der Waals surface area contributed by atoms with E-state index < -0.39 is 0 Å². The van der Waals surface area contributed by atoms with Gasteiger partial charge in [0.2, 0.25) is 0 Å². The summed E-state index contributed by atoms with van der Waals surface area (Å²) < 4.78 is 2.20. The predicted molar refractivity (Wildman–Crippen MR) is 103 cm³/mol. The van der Waals surface area contributed by atoms with E-state index in [0.717, 1.165) is 28.2 Å². The maximum Gasteiger partial charge on any atom is 0.192 e. The van der Waals surface area contributed by atoms with E-state index in [1.54, 1.807) is 23.1 Å². The molecule has 0 radical (unpaired) electrons. The van der Waals surface area contributed by atoms with Crippen molar-refractivity contribution in [2.45, 2.75) is 17.5 Å². The second kappa shape index (κ2) is 7.63. The summed E-state index contributed by atoms with van der Waals surface area (Å²) in [7, 11) is 0. The van der Waals surface area contributed by atoms with Gasteiger partial charge in [-0.2, -0.15) is 0 Å². The number of hydrogen-bond donors (Lipinski definition) is 0. The quantitative estimate of drug-likeness (QED) is 0.463. The van der Waals surface area contributed by atoms with Crippen LogP contribution in [0.15, 0.2) is 77.5 Å². The van der Waals surface area contributed by atoms with Gasteiger partial charge in [0, 0.05) is 18.1 Å². The minimum absolute atomic E-state index is 0.764. The van der Waals surface area contributed by atoms with Crippen molar-refractivity contribution >= 4 is 23.1 Å². The number of thioether (sulfide) groups is 1. The third-order valence-corrected chi connectivity index (χ3v) is 5.66. The number of thiophene rings is 1. The molecule has 0 spiro atoms. The van der Waals surface area contributed by atoms with E-state index in [1.165, 1.54) is 11.1 Å². The van der Waals surface area contributed by atoms with Gasteiger partial charge < -0.3 is 0 Å². The molecule has 1 aromatic carbocycles. The average molecular weight is 364 g/mol. The van der Waals surface area contributed by atoms with E-state index in [1.807, 2.05) is 36.7 Å². The van der Waals surface area contributed by atoms with E-state index in [-0.39, 0.29) is 0 Å². The molecule has 0 fully saturated rings. The lowest BCUT2D eigenvalue weighted by molar-refractivity contribution is 0.715. The molecule has 25 heavy (non-hydrogen) atoms. The minimum Gasteiger partial charge on any atom is -0.297 e. The zero-order chi connectivity index (χ0) is 16.9. The van der Waals surface area contributed by atoms with Crippen molar-refractivity contribution in [1.82, 2.24) is 19.7 Å². The minimum atomic E-state index is 0.764. The topological polar surface area (TPSA) is 43.6 Å². The summed E-state index contributed by atoms with van der Waals surface area (Å²) in [6, 6.07) is 18.6. The Balaban J connectivity index is 1.64. The number of nitrogens with zero attached hydrogens (tertiary/aromatic N) is 4. The molecular formula is C19H16N4S2. The molecule has 124 valence electrons. The maximum atomic E-state index is 4.46. The Hall–Kier alpha value is -2.44. The summed E-state index contributed by atoms with van der Waals surface area (Å²) >= 11 is 3.39. The molecule has 0 aliphatic heterocycles. The highest BCUT2D eigenvalue weighted by Crippen LogP contribution is 2.29. The van der Waals surface area contributed by atoms with Crippen molar-refractivity contribution in [1.29, 1.82) is 0 Å². The van der Waals surface area contributed by atoms with Crippen LogP contribution >= 0.6 is 23.1 Å². The Morgan fingerprint density at radius 1 is 0.880 bits per heavy atom. The van der Waals surface area contributed by atoms with Gasteiger partial charge >= 0.3 is 0 Å². The number of pyridine rings is 1. The fraction of sp³-hybridized carbons (Fsp3) is 0.105. The van der Waals surface area contributed by atoms with Crippen LogP contribution in [0.1, 0.15) is 11.1 Å². The molecule has 0 N–H and O–H groups in total. The highest BCUT2D eigenvalue weighted by molar-refractivity contribution is 7.98. The summed E-state index contributed by atoms with van der Waals surface area (Å²) in [5.41, 5.74) is 2.47. The normalized spacial score (nSPS) is 10.9. The van der Waals surface area contributed by atoms with E-state index in [0.29, 0.717) is 0 Å². The molecule has 4 nitrogen and oxygen atoms in total. The monoisotopic (exact) mass is 364 g/mol. The Labute approximate surface area is 154 Å². The van der Waals surface area contributed by atoms with Crippen LogP contribution in [0.3, 0.4) is 0 Å². The Morgan fingerprint density at radius 3 is 2.48 bits per heavy atom. The highest BCUT2D eigenvalue weighted by atomic mass is 32.2. The summed E-state index contributed by atoms with van der Waals surface area (Å²) in [6.45, 7) is 0.764. The largest absolute Gasteiger partial charge is 0.297 e. The zero-order valence-electron chi connectivity index (χ0n) is 13.4. The highest BCUT2D eigenvalue weighted by Gasteiger charge is 2.15.